The molecule has 0 amide bonds. The van der Waals surface area contributed by atoms with Gasteiger partial charge in [0.05, 0.1) is 10.9 Å². The molecule has 0 N–H and O–H groups in total. The summed E-state index contributed by atoms with van der Waals surface area (Å²) in [6, 6.07) is 68.1. The van der Waals surface area contributed by atoms with Crippen LogP contribution in [0.1, 0.15) is 22.3 Å². The number of fused-ring (bicyclic) bond motifs is 7. The van der Waals surface area contributed by atoms with Gasteiger partial charge >= 0.3 is 0 Å². The van der Waals surface area contributed by atoms with Gasteiger partial charge in [0.25, 0.3) is 0 Å². The third kappa shape index (κ3) is 6.24. The molecule has 3 aliphatic rings. The van der Waals surface area contributed by atoms with Gasteiger partial charge in [-0.3, -0.25) is 0 Å². The second-order valence-corrected chi connectivity index (χ2v) is 17.6. The maximum absolute atomic E-state index is 7.44. The molecule has 8 aromatic carbocycles. The molecule has 3 heterocycles. The summed E-state index contributed by atoms with van der Waals surface area (Å²) in [5, 5.41) is 3.38. The minimum Gasteiger partial charge on any atom is -0.487 e. The summed E-state index contributed by atoms with van der Waals surface area (Å²) in [7, 11) is 0. The van der Waals surface area contributed by atoms with E-state index in [1.54, 1.807) is 0 Å². The van der Waals surface area contributed by atoms with Crippen molar-refractivity contribution >= 4 is 74.5 Å². The van der Waals surface area contributed by atoms with Gasteiger partial charge < -0.3 is 23.8 Å². The van der Waals surface area contributed by atoms with Crippen molar-refractivity contribution in [2.45, 2.75) is 39.6 Å². The van der Waals surface area contributed by atoms with E-state index in [1.807, 2.05) is 0 Å². The quantitative estimate of drug-likeness (QED) is 0.150. The Bertz CT molecular complexity index is 3290. The molecule has 6 heteroatoms. The van der Waals surface area contributed by atoms with Crippen LogP contribution in [-0.4, -0.2) is 17.4 Å². The van der Waals surface area contributed by atoms with E-state index in [4.69, 9.17) is 9.47 Å². The zero-order valence-electron chi connectivity index (χ0n) is 36.4. The summed E-state index contributed by atoms with van der Waals surface area (Å²) >= 11 is 0. The third-order valence-corrected chi connectivity index (χ3v) is 13.3. The largest absolute Gasteiger partial charge is 0.487 e. The smallest absolute Gasteiger partial charge is 0.234 e. The number of aromatic nitrogens is 1. The van der Waals surface area contributed by atoms with E-state index in [1.165, 1.54) is 27.6 Å². The zero-order valence-corrected chi connectivity index (χ0v) is 36.4. The molecule has 0 bridgehead atoms. The molecule has 2 atom stereocenters. The van der Waals surface area contributed by atoms with E-state index >= 15 is 0 Å². The normalized spacial score (nSPS) is 15.5. The Hall–Kier alpha value is -7.70. The van der Waals surface area contributed by atoms with Crippen LogP contribution in [0.3, 0.4) is 0 Å². The van der Waals surface area contributed by atoms with Crippen molar-refractivity contribution in [2.24, 2.45) is 0 Å². The molecule has 2 unspecified atom stereocenters. The van der Waals surface area contributed by atoms with Gasteiger partial charge in [0.15, 0.2) is 0 Å². The highest BCUT2D eigenvalue weighted by Gasteiger charge is 2.50. The second kappa shape index (κ2) is 15.0. The SMILES string of the molecule is Cc1ccc(N(c2ccc(C)cc2)c2ccc3c(c2)OC2=c4c(n(-c5ccccc5)c5ccccc45)=CC4Oc5cc(N(c6ccc(C)cc6)c6ccc(C)cc6)ccc5B3C24)cc1. The molecule has 0 fully saturated rings. The number of benzene rings is 8. The van der Waals surface area contributed by atoms with Crippen LogP contribution in [0, 0.1) is 27.7 Å². The molecule has 0 radical (unpaired) electrons. The van der Waals surface area contributed by atoms with Crippen LogP contribution in [-0.2, 0) is 0 Å². The Morgan fingerprint density at radius 1 is 0.469 bits per heavy atom. The lowest BCUT2D eigenvalue weighted by atomic mass is 9.30. The summed E-state index contributed by atoms with van der Waals surface area (Å²) in [6.07, 6.45) is 2.06. The molecule has 12 rings (SSSR count). The lowest BCUT2D eigenvalue weighted by Gasteiger charge is -2.43. The van der Waals surface area contributed by atoms with Crippen molar-refractivity contribution in [3.05, 3.63) is 221 Å². The van der Waals surface area contributed by atoms with Crippen molar-refractivity contribution in [3.63, 3.8) is 0 Å². The molecule has 1 aliphatic carbocycles. The first-order valence-corrected chi connectivity index (χ1v) is 22.3. The Morgan fingerprint density at radius 2 is 0.922 bits per heavy atom. The Balaban J connectivity index is 1.09. The standard InChI is InChI=1S/C58H46BN3O2/c1-37-14-22-42(23-15-37)60(43-24-16-38(2)17-25-43)46-30-32-49-53(34-46)63-55-36-52-56(48-12-8-9-13-51(48)62(52)41-10-6-5-7-11-41)58-57(55)59(49)50-33-31-47(35-54(50)64-58)61(44-26-18-39(3)19-27-44)45-28-20-40(4)21-29-45/h5-36,55,57H,1-4H3. The topological polar surface area (TPSA) is 29.9 Å². The van der Waals surface area contributed by atoms with E-state index in [2.05, 4.69) is 236 Å². The summed E-state index contributed by atoms with van der Waals surface area (Å²) in [5.41, 5.74) is 15.9. The van der Waals surface area contributed by atoms with Gasteiger partial charge in [-0.05, 0) is 124 Å². The van der Waals surface area contributed by atoms with Crippen LogP contribution < -0.4 is 40.8 Å². The van der Waals surface area contributed by atoms with Gasteiger partial charge in [-0.25, -0.2) is 0 Å². The highest BCUT2D eigenvalue weighted by molar-refractivity contribution is 6.89. The lowest BCUT2D eigenvalue weighted by molar-refractivity contribution is 0.250. The van der Waals surface area contributed by atoms with Gasteiger partial charge in [-0.1, -0.05) is 119 Å². The average Bonchev–Trinajstić information content (AvgIpc) is 3.65. The Morgan fingerprint density at radius 3 is 1.45 bits per heavy atom. The minimum atomic E-state index is -0.293. The number of hydrogen-bond donors (Lipinski definition) is 0. The average molecular weight is 828 g/mol. The van der Waals surface area contributed by atoms with Crippen LogP contribution in [0.2, 0.25) is 5.82 Å². The summed E-state index contributed by atoms with van der Waals surface area (Å²) in [6.45, 7) is 8.51. The monoisotopic (exact) mass is 827 g/mol. The minimum absolute atomic E-state index is 0.0294. The van der Waals surface area contributed by atoms with Crippen LogP contribution in [0.4, 0.5) is 34.1 Å². The fourth-order valence-electron chi connectivity index (χ4n) is 10.2. The summed E-state index contributed by atoms with van der Waals surface area (Å²) in [5.74, 6) is 2.61. The first-order valence-electron chi connectivity index (χ1n) is 22.3. The van der Waals surface area contributed by atoms with Crippen LogP contribution >= 0.6 is 0 Å². The number of para-hydroxylation sites is 2. The van der Waals surface area contributed by atoms with Crippen LogP contribution in [0.15, 0.2) is 188 Å². The molecule has 2 aliphatic heterocycles. The molecule has 0 spiro atoms. The third-order valence-electron chi connectivity index (χ3n) is 13.3. The van der Waals surface area contributed by atoms with E-state index in [-0.39, 0.29) is 18.6 Å². The molecule has 0 saturated carbocycles. The lowest BCUT2D eigenvalue weighted by Crippen LogP contribution is -2.60. The number of rotatable bonds is 7. The number of hydrogen-bond acceptors (Lipinski definition) is 4. The molecule has 64 heavy (non-hydrogen) atoms. The Labute approximate surface area is 374 Å². The fraction of sp³-hybridized carbons (Fsp3) is 0.103. The molecule has 5 nitrogen and oxygen atoms in total. The van der Waals surface area contributed by atoms with Crippen LogP contribution in [0.25, 0.3) is 28.4 Å². The molecule has 1 aromatic heterocycles. The van der Waals surface area contributed by atoms with Gasteiger partial charge in [-0.15, -0.1) is 0 Å². The molecular weight excluding hydrogens is 781 g/mol. The Kier molecular flexibility index (Phi) is 8.90. The van der Waals surface area contributed by atoms with Crippen molar-refractivity contribution in [2.75, 3.05) is 9.80 Å². The van der Waals surface area contributed by atoms with Gasteiger partial charge in [-0.2, -0.15) is 0 Å². The van der Waals surface area contributed by atoms with Crippen molar-refractivity contribution in [3.8, 4) is 17.2 Å². The summed E-state index contributed by atoms with van der Waals surface area (Å²) in [4.78, 5) is 4.66. The number of aryl methyl sites for hydroxylation is 4. The maximum Gasteiger partial charge on any atom is 0.234 e. The van der Waals surface area contributed by atoms with E-state index < -0.39 is 0 Å². The molecule has 9 aromatic rings. The van der Waals surface area contributed by atoms with Gasteiger partial charge in [0.1, 0.15) is 23.4 Å². The van der Waals surface area contributed by atoms with E-state index in [9.17, 15) is 0 Å². The molecular formula is C58H46BN3O2. The zero-order chi connectivity index (χ0) is 43.1. The molecule has 0 saturated heterocycles. The first-order chi connectivity index (χ1) is 31.4. The van der Waals surface area contributed by atoms with Gasteiger partial charge in [0, 0.05) is 68.4 Å². The number of ether oxygens (including phenoxy) is 2. The maximum atomic E-state index is 7.44. The fourth-order valence-corrected chi connectivity index (χ4v) is 10.2. The highest BCUT2D eigenvalue weighted by Crippen LogP contribution is 2.46. The highest BCUT2D eigenvalue weighted by atomic mass is 16.5. The van der Waals surface area contributed by atoms with E-state index in [0.717, 1.165) is 84.1 Å². The molecule has 308 valence electrons. The van der Waals surface area contributed by atoms with E-state index in [0.29, 0.717) is 0 Å². The number of nitrogens with zero attached hydrogens (tertiary/aromatic N) is 3. The van der Waals surface area contributed by atoms with Crippen molar-refractivity contribution < 1.29 is 9.47 Å². The van der Waals surface area contributed by atoms with Crippen molar-refractivity contribution in [1.29, 1.82) is 0 Å². The summed E-state index contributed by atoms with van der Waals surface area (Å²) < 4.78 is 17.1. The first kappa shape index (κ1) is 38.0. The predicted molar refractivity (Wildman–Crippen MR) is 265 cm³/mol. The number of anilines is 6. The second-order valence-electron chi connectivity index (χ2n) is 17.6. The predicted octanol–water partition coefficient (Wildman–Crippen LogP) is 11.5. The van der Waals surface area contributed by atoms with Gasteiger partial charge in [0.2, 0.25) is 6.71 Å². The van der Waals surface area contributed by atoms with Crippen LogP contribution in [0.5, 0.6) is 11.5 Å². The van der Waals surface area contributed by atoms with Crippen molar-refractivity contribution in [1.82, 2.24) is 4.57 Å².